The first-order valence-corrected chi connectivity index (χ1v) is 7.97. The fraction of sp³-hybridized carbons (Fsp3) is 0.200. The molecule has 26 heavy (non-hydrogen) atoms. The van der Waals surface area contributed by atoms with Crippen LogP contribution in [0.4, 0.5) is 0 Å². The lowest BCUT2D eigenvalue weighted by Crippen LogP contribution is -2.10. The number of fused-ring (bicyclic) bond motifs is 1. The van der Waals surface area contributed by atoms with Crippen molar-refractivity contribution >= 4 is 17.8 Å². The monoisotopic (exact) mass is 354 g/mol. The number of aliphatic carboxylic acids is 1. The molecule has 0 saturated carbocycles. The van der Waals surface area contributed by atoms with E-state index in [4.69, 9.17) is 19.3 Å². The summed E-state index contributed by atoms with van der Waals surface area (Å²) in [4.78, 5) is 23.5. The molecule has 0 heterocycles. The van der Waals surface area contributed by atoms with Gasteiger partial charge < -0.3 is 19.3 Å². The summed E-state index contributed by atoms with van der Waals surface area (Å²) in [5.41, 5.74) is 2.70. The van der Waals surface area contributed by atoms with Crippen LogP contribution in [-0.2, 0) is 11.2 Å². The quantitative estimate of drug-likeness (QED) is 0.803. The molecule has 1 N–H and O–H groups in total. The van der Waals surface area contributed by atoms with E-state index in [0.717, 1.165) is 5.56 Å². The Hall–Kier alpha value is -3.28. The van der Waals surface area contributed by atoms with Crippen LogP contribution < -0.4 is 14.2 Å². The number of rotatable bonds is 6. The van der Waals surface area contributed by atoms with Crippen LogP contribution >= 0.6 is 0 Å². The average Bonchev–Trinajstić information content (AvgIpc) is 2.94. The van der Waals surface area contributed by atoms with E-state index in [2.05, 4.69) is 0 Å². The van der Waals surface area contributed by atoms with Crippen molar-refractivity contribution in [2.24, 2.45) is 0 Å². The second-order valence-corrected chi connectivity index (χ2v) is 5.76. The molecule has 0 unspecified atom stereocenters. The number of ether oxygens (including phenoxy) is 3. The fourth-order valence-corrected chi connectivity index (χ4v) is 2.91. The predicted octanol–water partition coefficient (Wildman–Crippen LogP) is 2.99. The van der Waals surface area contributed by atoms with Crippen LogP contribution in [0, 0.1) is 0 Å². The number of carbonyl (C=O) groups is 2. The maximum Gasteiger partial charge on any atom is 0.341 e. The molecule has 0 radical (unpaired) electrons. The third-order valence-electron chi connectivity index (χ3n) is 4.13. The van der Waals surface area contributed by atoms with Crippen LogP contribution in [0.5, 0.6) is 17.2 Å². The zero-order chi connectivity index (χ0) is 18.7. The predicted molar refractivity (Wildman–Crippen MR) is 95.1 cm³/mol. The van der Waals surface area contributed by atoms with Gasteiger partial charge in [0.2, 0.25) is 0 Å². The van der Waals surface area contributed by atoms with Crippen LogP contribution in [-0.4, -0.2) is 37.7 Å². The topological polar surface area (TPSA) is 82.1 Å². The number of carboxylic acid groups (broad SMARTS) is 1. The number of carboxylic acids is 1. The van der Waals surface area contributed by atoms with Gasteiger partial charge in [-0.05, 0) is 29.8 Å². The summed E-state index contributed by atoms with van der Waals surface area (Å²) in [6.07, 6.45) is 2.19. The Bertz CT molecular complexity index is 897. The van der Waals surface area contributed by atoms with E-state index in [-0.39, 0.29) is 5.78 Å². The molecule has 1 aliphatic carbocycles. The molecule has 0 saturated heterocycles. The number of hydrogen-bond donors (Lipinski definition) is 1. The van der Waals surface area contributed by atoms with Gasteiger partial charge in [0.15, 0.2) is 23.9 Å². The number of methoxy groups -OCH3 is 2. The van der Waals surface area contributed by atoms with Gasteiger partial charge in [-0.25, -0.2) is 4.79 Å². The Kier molecular flexibility index (Phi) is 4.93. The van der Waals surface area contributed by atoms with E-state index < -0.39 is 12.6 Å². The molecule has 3 rings (SSSR count). The van der Waals surface area contributed by atoms with Crippen molar-refractivity contribution in [2.75, 3.05) is 20.8 Å². The zero-order valence-electron chi connectivity index (χ0n) is 14.4. The summed E-state index contributed by atoms with van der Waals surface area (Å²) in [5.74, 6) is 0.350. The Morgan fingerprint density at radius 3 is 2.50 bits per heavy atom. The number of allylic oxidation sites excluding steroid dienone is 1. The minimum Gasteiger partial charge on any atom is -0.493 e. The first-order valence-electron chi connectivity index (χ1n) is 7.97. The third-order valence-corrected chi connectivity index (χ3v) is 4.13. The van der Waals surface area contributed by atoms with Gasteiger partial charge in [-0.2, -0.15) is 0 Å². The number of carbonyl (C=O) groups excluding carboxylic acids is 1. The van der Waals surface area contributed by atoms with Crippen molar-refractivity contribution in [1.29, 1.82) is 0 Å². The molecule has 2 aromatic carbocycles. The number of Topliss-reactive ketones (excluding diaryl/α,β-unsaturated/α-hetero) is 1. The van der Waals surface area contributed by atoms with Crippen LogP contribution in [0.1, 0.15) is 21.5 Å². The molecule has 2 aromatic rings. The van der Waals surface area contributed by atoms with Gasteiger partial charge in [-0.15, -0.1) is 0 Å². The molecule has 6 nitrogen and oxygen atoms in total. The average molecular weight is 354 g/mol. The van der Waals surface area contributed by atoms with Gasteiger partial charge in [0.25, 0.3) is 0 Å². The maximum atomic E-state index is 12.7. The minimum absolute atomic E-state index is 0.0889. The van der Waals surface area contributed by atoms with Crippen molar-refractivity contribution in [3.63, 3.8) is 0 Å². The largest absolute Gasteiger partial charge is 0.493 e. The Morgan fingerprint density at radius 2 is 1.81 bits per heavy atom. The van der Waals surface area contributed by atoms with Crippen molar-refractivity contribution in [1.82, 2.24) is 0 Å². The van der Waals surface area contributed by atoms with E-state index >= 15 is 0 Å². The summed E-state index contributed by atoms with van der Waals surface area (Å²) >= 11 is 0. The smallest absolute Gasteiger partial charge is 0.341 e. The number of para-hydroxylation sites is 1. The van der Waals surface area contributed by atoms with Gasteiger partial charge in [0.1, 0.15) is 5.75 Å². The lowest BCUT2D eigenvalue weighted by Gasteiger charge is -2.08. The molecule has 0 atom stereocenters. The molecule has 0 fully saturated rings. The minimum atomic E-state index is -1.06. The first kappa shape index (κ1) is 17.5. The van der Waals surface area contributed by atoms with Gasteiger partial charge >= 0.3 is 5.97 Å². The van der Waals surface area contributed by atoms with Crippen molar-refractivity contribution < 1.29 is 28.9 Å². The lowest BCUT2D eigenvalue weighted by molar-refractivity contribution is -0.139. The first-order chi connectivity index (χ1) is 12.5. The van der Waals surface area contributed by atoms with Crippen molar-refractivity contribution in [3.8, 4) is 17.2 Å². The highest BCUT2D eigenvalue weighted by atomic mass is 16.5. The molecule has 1 aliphatic rings. The Morgan fingerprint density at radius 1 is 1.12 bits per heavy atom. The van der Waals surface area contributed by atoms with Crippen LogP contribution in [0.2, 0.25) is 0 Å². The second kappa shape index (κ2) is 7.31. The lowest BCUT2D eigenvalue weighted by atomic mass is 10.1. The van der Waals surface area contributed by atoms with Gasteiger partial charge in [-0.3, -0.25) is 4.79 Å². The molecule has 0 aromatic heterocycles. The van der Waals surface area contributed by atoms with Gasteiger partial charge in [0, 0.05) is 23.1 Å². The normalized spacial score (nSPS) is 14.2. The Balaban J connectivity index is 1.94. The molecule has 0 amide bonds. The van der Waals surface area contributed by atoms with Crippen LogP contribution in [0.3, 0.4) is 0 Å². The maximum absolute atomic E-state index is 12.7. The van der Waals surface area contributed by atoms with Crippen molar-refractivity contribution in [3.05, 3.63) is 58.7 Å². The summed E-state index contributed by atoms with van der Waals surface area (Å²) < 4.78 is 15.9. The van der Waals surface area contributed by atoms with Gasteiger partial charge in [0.05, 0.1) is 14.2 Å². The fourth-order valence-electron chi connectivity index (χ4n) is 2.91. The molecular weight excluding hydrogens is 336 g/mol. The summed E-state index contributed by atoms with van der Waals surface area (Å²) in [5, 5.41) is 8.79. The SMILES string of the molecule is COc1cc2c(cc1OC)C(=O)/C(=C\c1ccccc1OCC(=O)O)C2. The van der Waals surface area contributed by atoms with E-state index in [1.165, 1.54) is 7.11 Å². The standard InChI is InChI=1S/C20H18O6/c1-24-17-9-13-8-14(20(23)15(13)10-18(17)25-2)7-12-5-3-4-6-16(12)26-11-19(21)22/h3-7,9-10H,8,11H2,1-2H3,(H,21,22)/b14-7-. The highest BCUT2D eigenvalue weighted by Crippen LogP contribution is 2.37. The molecular formula is C20H18O6. The second-order valence-electron chi connectivity index (χ2n) is 5.76. The number of ketones is 1. The molecule has 6 heteroatoms. The molecule has 0 bridgehead atoms. The van der Waals surface area contributed by atoms with Crippen LogP contribution in [0.25, 0.3) is 6.08 Å². The number of hydrogen-bond acceptors (Lipinski definition) is 5. The number of benzene rings is 2. The molecule has 0 spiro atoms. The zero-order valence-corrected chi connectivity index (χ0v) is 14.4. The third kappa shape index (κ3) is 3.39. The highest BCUT2D eigenvalue weighted by molar-refractivity contribution is 6.16. The molecule has 0 aliphatic heterocycles. The van der Waals surface area contributed by atoms with E-state index in [9.17, 15) is 9.59 Å². The highest BCUT2D eigenvalue weighted by Gasteiger charge is 2.27. The Labute approximate surface area is 150 Å². The van der Waals surface area contributed by atoms with Crippen LogP contribution in [0.15, 0.2) is 42.0 Å². The summed E-state index contributed by atoms with van der Waals surface area (Å²) in [6, 6.07) is 10.5. The van der Waals surface area contributed by atoms with Crippen molar-refractivity contribution in [2.45, 2.75) is 6.42 Å². The van der Waals surface area contributed by atoms with E-state index in [0.29, 0.717) is 40.4 Å². The summed E-state index contributed by atoms with van der Waals surface area (Å²) in [6.45, 7) is -0.442. The van der Waals surface area contributed by atoms with Gasteiger partial charge in [-0.1, -0.05) is 18.2 Å². The van der Waals surface area contributed by atoms with E-state index in [1.54, 1.807) is 49.6 Å². The molecule has 134 valence electrons. The van der Waals surface area contributed by atoms with E-state index in [1.807, 2.05) is 0 Å². The summed E-state index contributed by atoms with van der Waals surface area (Å²) in [7, 11) is 3.07.